The summed E-state index contributed by atoms with van der Waals surface area (Å²) in [5, 5.41) is 30.1. The molecule has 2 aromatic heterocycles. The lowest BCUT2D eigenvalue weighted by molar-refractivity contribution is -0.384. The van der Waals surface area contributed by atoms with E-state index in [0.29, 0.717) is 17.1 Å². The van der Waals surface area contributed by atoms with Gasteiger partial charge in [-0.05, 0) is 36.4 Å². The fraction of sp³-hybridized carbons (Fsp3) is 0.185. The Balaban J connectivity index is 1.17. The number of halogens is 1. The smallest absolute Gasteiger partial charge is 0.420 e. The molecule has 4 aromatic rings. The summed E-state index contributed by atoms with van der Waals surface area (Å²) in [6.45, 7) is -2.59. The topological polar surface area (TPSA) is 281 Å². The number of nitrogens with one attached hydrogen (secondary N) is 2. The van der Waals surface area contributed by atoms with E-state index in [1.165, 1.54) is 30.3 Å². The molecule has 3 heterocycles. The predicted octanol–water partition coefficient (Wildman–Crippen LogP) is 1.33. The van der Waals surface area contributed by atoms with Gasteiger partial charge in [0, 0.05) is 30.4 Å². The normalized spacial score (nSPS) is 11.9. The van der Waals surface area contributed by atoms with Gasteiger partial charge in [0.2, 0.25) is 17.0 Å². The van der Waals surface area contributed by atoms with Gasteiger partial charge in [-0.25, -0.2) is 27.5 Å². The molecule has 1 aliphatic rings. The number of aliphatic carboxylic acids is 1. The number of sulfonamides is 1. The average Bonchev–Trinajstić information content (AvgIpc) is 3.76. The molecular formula is C27H21ClN8O13S2. The minimum absolute atomic E-state index is 0.0215. The van der Waals surface area contributed by atoms with Gasteiger partial charge in [-0.3, -0.25) is 29.6 Å². The maximum atomic E-state index is 13.0. The van der Waals surface area contributed by atoms with E-state index in [2.05, 4.69) is 25.2 Å². The van der Waals surface area contributed by atoms with E-state index in [1.807, 2.05) is 0 Å². The van der Waals surface area contributed by atoms with Crippen molar-refractivity contribution in [3.63, 3.8) is 0 Å². The maximum absolute atomic E-state index is 13.0. The number of rotatable bonds is 13. The SMILES string of the molecule is O=C(O)CN(CCNS(=O)(=O)c1nnc(-c2ccc(Cl)cc2[N+](=O)[O-])s1)C(=O)Cn1ccc(NC(=O)OC(=O)c2ccc3c(c2)OCO3)nc1=O. The van der Waals surface area contributed by atoms with Crippen LogP contribution in [0.25, 0.3) is 10.6 Å². The Bertz CT molecular complexity index is 2230. The molecule has 0 spiro atoms. The molecule has 3 N–H and O–H groups in total. The number of esters is 1. The Morgan fingerprint density at radius 1 is 1.12 bits per heavy atom. The predicted molar refractivity (Wildman–Crippen MR) is 172 cm³/mol. The zero-order valence-corrected chi connectivity index (χ0v) is 27.8. The molecule has 0 bridgehead atoms. The van der Waals surface area contributed by atoms with Gasteiger partial charge < -0.3 is 24.2 Å². The van der Waals surface area contributed by atoms with Gasteiger partial charge in [0.05, 0.1) is 16.1 Å². The molecule has 0 fully saturated rings. The van der Waals surface area contributed by atoms with Crippen LogP contribution in [0.3, 0.4) is 0 Å². The van der Waals surface area contributed by atoms with Crippen LogP contribution in [0, 0.1) is 10.1 Å². The number of anilines is 1. The van der Waals surface area contributed by atoms with E-state index in [-0.39, 0.29) is 39.5 Å². The lowest BCUT2D eigenvalue weighted by atomic mass is 10.2. The molecular weight excluding hydrogens is 744 g/mol. The van der Waals surface area contributed by atoms with Crippen molar-refractivity contribution < 1.29 is 51.8 Å². The van der Waals surface area contributed by atoms with Gasteiger partial charge in [0.1, 0.15) is 18.9 Å². The molecule has 2 amide bonds. The van der Waals surface area contributed by atoms with Crippen LogP contribution in [0.2, 0.25) is 5.02 Å². The average molecular weight is 765 g/mol. The number of carboxylic acid groups (broad SMARTS) is 1. The number of carbonyl (C=O) groups excluding carboxylic acids is 3. The van der Waals surface area contributed by atoms with Crippen LogP contribution in [-0.2, 0) is 30.9 Å². The Labute approximate surface area is 293 Å². The molecule has 5 rings (SSSR count). The minimum Gasteiger partial charge on any atom is -0.480 e. The highest BCUT2D eigenvalue weighted by Crippen LogP contribution is 2.35. The molecule has 51 heavy (non-hydrogen) atoms. The number of aromatic nitrogens is 4. The molecule has 2 aromatic carbocycles. The Morgan fingerprint density at radius 2 is 1.88 bits per heavy atom. The van der Waals surface area contributed by atoms with Crippen molar-refractivity contribution in [1.82, 2.24) is 29.4 Å². The molecule has 1 aliphatic heterocycles. The van der Waals surface area contributed by atoms with Crippen molar-refractivity contribution in [3.05, 3.63) is 79.8 Å². The van der Waals surface area contributed by atoms with Crippen molar-refractivity contribution in [1.29, 1.82) is 0 Å². The van der Waals surface area contributed by atoms with Crippen LogP contribution in [-0.4, -0.2) is 93.5 Å². The standard InChI is InChI=1S/C27H21ClN8O13S2/c28-15-2-3-16(17(10-15)36(43)44)23-32-33-27(50-23)51(45,46)29-6-8-34(12-22(38)39)21(37)11-35-7-5-20(30-25(35)41)31-26(42)49-24(40)14-1-4-18-19(9-14)48-13-47-18/h1-5,7,9-10,29H,6,8,11-13H2,(H,38,39)(H,30,31,41,42). The summed E-state index contributed by atoms with van der Waals surface area (Å²) in [5.41, 5.74) is -1.52. The van der Waals surface area contributed by atoms with Gasteiger partial charge in [-0.1, -0.05) is 22.9 Å². The van der Waals surface area contributed by atoms with Gasteiger partial charge in [0.15, 0.2) is 16.5 Å². The first kappa shape index (κ1) is 36.2. The molecule has 0 aliphatic carbocycles. The fourth-order valence-corrected chi connectivity index (χ4v) is 6.52. The number of hydrogen-bond acceptors (Lipinski definition) is 16. The molecule has 21 nitrogen and oxygen atoms in total. The number of benzene rings is 2. The third-order valence-corrected chi connectivity index (χ3v) is 9.60. The number of hydrogen-bond donors (Lipinski definition) is 3. The van der Waals surface area contributed by atoms with Crippen LogP contribution in [0.1, 0.15) is 10.4 Å². The van der Waals surface area contributed by atoms with E-state index in [1.54, 1.807) is 0 Å². The van der Waals surface area contributed by atoms with Crippen molar-refractivity contribution in [2.24, 2.45) is 0 Å². The summed E-state index contributed by atoms with van der Waals surface area (Å²) in [6.07, 6.45) is -0.216. The van der Waals surface area contributed by atoms with Crippen LogP contribution in [0.4, 0.5) is 16.3 Å². The fourth-order valence-electron chi connectivity index (χ4n) is 4.26. The summed E-state index contributed by atoms with van der Waals surface area (Å²) in [7, 11) is -4.37. The number of fused-ring (bicyclic) bond motifs is 1. The molecule has 0 unspecified atom stereocenters. The quantitative estimate of drug-likeness (QED) is 0.0749. The van der Waals surface area contributed by atoms with E-state index < -0.39 is 80.8 Å². The third kappa shape index (κ3) is 8.96. The molecule has 0 saturated carbocycles. The second-order valence-electron chi connectivity index (χ2n) is 9.99. The number of carboxylic acids is 1. The van der Waals surface area contributed by atoms with E-state index in [9.17, 15) is 47.6 Å². The third-order valence-electron chi connectivity index (χ3n) is 6.58. The van der Waals surface area contributed by atoms with Gasteiger partial charge in [-0.2, -0.15) is 4.98 Å². The Kier molecular flexibility index (Phi) is 10.8. The van der Waals surface area contributed by atoms with Gasteiger partial charge in [0.25, 0.3) is 15.7 Å². The van der Waals surface area contributed by atoms with E-state index in [4.69, 9.17) is 25.8 Å². The summed E-state index contributed by atoms with van der Waals surface area (Å²) in [6, 6.07) is 8.91. The van der Waals surface area contributed by atoms with E-state index >= 15 is 0 Å². The number of nitrogens with zero attached hydrogens (tertiary/aromatic N) is 6. The lowest BCUT2D eigenvalue weighted by Crippen LogP contribution is -2.43. The zero-order valence-electron chi connectivity index (χ0n) is 25.4. The largest absolute Gasteiger partial charge is 0.480 e. The molecule has 0 radical (unpaired) electrons. The Morgan fingerprint density at radius 3 is 2.61 bits per heavy atom. The summed E-state index contributed by atoms with van der Waals surface area (Å²) < 4.78 is 43.1. The first-order valence-corrected chi connectivity index (χ1v) is 16.7. The molecule has 24 heteroatoms. The van der Waals surface area contributed by atoms with Gasteiger partial charge >= 0.3 is 23.7 Å². The van der Waals surface area contributed by atoms with Crippen LogP contribution in [0.15, 0.2) is 57.8 Å². The number of nitro benzene ring substituents is 1. The number of nitro groups is 1. The van der Waals surface area contributed by atoms with Crippen LogP contribution < -0.4 is 25.2 Å². The maximum Gasteiger partial charge on any atom is 0.420 e. The molecule has 0 atom stereocenters. The second-order valence-corrected chi connectivity index (χ2v) is 13.3. The van der Waals surface area contributed by atoms with E-state index in [0.717, 1.165) is 27.8 Å². The van der Waals surface area contributed by atoms with Crippen LogP contribution >= 0.6 is 22.9 Å². The van der Waals surface area contributed by atoms with Crippen molar-refractivity contribution in [2.75, 3.05) is 31.7 Å². The molecule has 266 valence electrons. The molecule has 0 saturated heterocycles. The lowest BCUT2D eigenvalue weighted by Gasteiger charge is -2.21. The van der Waals surface area contributed by atoms with Crippen molar-refractivity contribution in [2.45, 2.75) is 10.9 Å². The van der Waals surface area contributed by atoms with Crippen molar-refractivity contribution in [3.8, 4) is 22.1 Å². The Hall–Kier alpha value is -6.04. The highest BCUT2D eigenvalue weighted by atomic mass is 35.5. The number of carbonyl (C=O) groups is 4. The summed E-state index contributed by atoms with van der Waals surface area (Å²) >= 11 is 6.34. The summed E-state index contributed by atoms with van der Waals surface area (Å²) in [5.74, 6) is -3.05. The first-order chi connectivity index (χ1) is 24.2. The summed E-state index contributed by atoms with van der Waals surface area (Å²) in [4.78, 5) is 76.5. The van der Waals surface area contributed by atoms with Crippen LogP contribution in [0.5, 0.6) is 11.5 Å². The second kappa shape index (κ2) is 15.2. The number of ether oxygens (including phenoxy) is 3. The van der Waals surface area contributed by atoms with Crippen molar-refractivity contribution >= 4 is 68.4 Å². The van der Waals surface area contributed by atoms with Gasteiger partial charge in [-0.15, -0.1) is 10.2 Å². The number of amides is 2. The highest BCUT2D eigenvalue weighted by Gasteiger charge is 2.26. The highest BCUT2D eigenvalue weighted by molar-refractivity contribution is 7.91. The first-order valence-electron chi connectivity index (χ1n) is 14.0. The monoisotopic (exact) mass is 764 g/mol. The zero-order chi connectivity index (χ0) is 36.9. The minimum atomic E-state index is -4.37.